The average molecular weight is 434 g/mol. The first-order chi connectivity index (χ1) is 15.4. The van der Waals surface area contributed by atoms with Crippen molar-refractivity contribution >= 4 is 17.5 Å². The van der Waals surface area contributed by atoms with Gasteiger partial charge in [0, 0.05) is 29.9 Å². The van der Waals surface area contributed by atoms with E-state index in [4.69, 9.17) is 9.47 Å². The van der Waals surface area contributed by atoms with Gasteiger partial charge >= 0.3 is 0 Å². The van der Waals surface area contributed by atoms with E-state index in [0.29, 0.717) is 35.8 Å². The lowest BCUT2D eigenvalue weighted by molar-refractivity contribution is -0.138. The van der Waals surface area contributed by atoms with Gasteiger partial charge in [-0.25, -0.2) is 4.39 Å². The summed E-state index contributed by atoms with van der Waals surface area (Å²) in [5, 5.41) is 2.88. The summed E-state index contributed by atoms with van der Waals surface area (Å²) >= 11 is 0. The van der Waals surface area contributed by atoms with Gasteiger partial charge in [-0.3, -0.25) is 9.59 Å². The third-order valence-electron chi connectivity index (χ3n) is 5.26. The lowest BCUT2D eigenvalue weighted by Crippen LogP contribution is -2.37. The van der Waals surface area contributed by atoms with E-state index in [0.717, 1.165) is 11.1 Å². The molecule has 0 bridgehead atoms. The molecule has 0 spiro atoms. The largest absolute Gasteiger partial charge is 0.497 e. The van der Waals surface area contributed by atoms with Gasteiger partial charge in [-0.15, -0.1) is 0 Å². The second-order valence-electron chi connectivity index (χ2n) is 7.59. The molecule has 0 radical (unpaired) electrons. The lowest BCUT2D eigenvalue weighted by atomic mass is 10.1. The Labute approximate surface area is 185 Å². The van der Waals surface area contributed by atoms with Crippen LogP contribution in [0, 0.1) is 5.82 Å². The van der Waals surface area contributed by atoms with E-state index >= 15 is 0 Å². The van der Waals surface area contributed by atoms with Crippen LogP contribution in [0.5, 0.6) is 11.5 Å². The average Bonchev–Trinajstić information content (AvgIpc) is 2.91. The van der Waals surface area contributed by atoms with Gasteiger partial charge in [-0.1, -0.05) is 18.2 Å². The smallest absolute Gasteiger partial charge is 0.263 e. The van der Waals surface area contributed by atoms with Gasteiger partial charge in [-0.05, 0) is 61.0 Å². The van der Waals surface area contributed by atoms with E-state index in [-0.39, 0.29) is 17.6 Å². The van der Waals surface area contributed by atoms with Crippen molar-refractivity contribution in [2.24, 2.45) is 0 Å². The molecular weight excluding hydrogens is 411 g/mol. The van der Waals surface area contributed by atoms with Crippen LogP contribution in [0.3, 0.4) is 0 Å². The first kappa shape index (κ1) is 21.4. The van der Waals surface area contributed by atoms with Crippen molar-refractivity contribution in [3.8, 4) is 11.5 Å². The second-order valence-corrected chi connectivity index (χ2v) is 7.59. The fourth-order valence-corrected chi connectivity index (χ4v) is 3.59. The van der Waals surface area contributed by atoms with Crippen LogP contribution in [0.15, 0.2) is 66.7 Å². The Morgan fingerprint density at radius 2 is 1.94 bits per heavy atom. The van der Waals surface area contributed by atoms with Crippen molar-refractivity contribution in [2.75, 3.05) is 12.4 Å². The minimum absolute atomic E-state index is 0.160. The second kappa shape index (κ2) is 9.09. The normalized spacial score (nSPS) is 15.4. The van der Waals surface area contributed by atoms with Gasteiger partial charge in [0.1, 0.15) is 17.3 Å². The summed E-state index contributed by atoms with van der Waals surface area (Å²) < 4.78 is 24.3. The number of halogens is 1. The maximum Gasteiger partial charge on any atom is 0.263 e. The maximum atomic E-state index is 13.2. The number of anilines is 1. The molecule has 0 saturated carbocycles. The zero-order chi connectivity index (χ0) is 22.7. The monoisotopic (exact) mass is 434 g/mol. The van der Waals surface area contributed by atoms with Crippen LogP contribution >= 0.6 is 0 Å². The highest BCUT2D eigenvalue weighted by Crippen LogP contribution is 2.29. The minimum atomic E-state index is -0.658. The molecular formula is C25H23FN2O4. The summed E-state index contributed by atoms with van der Waals surface area (Å²) in [6.45, 7) is 2.33. The number of ether oxygens (including phenoxy) is 2. The quantitative estimate of drug-likeness (QED) is 0.647. The summed E-state index contributed by atoms with van der Waals surface area (Å²) in [4.78, 5) is 27.2. The van der Waals surface area contributed by atoms with Crippen LogP contribution in [0.1, 0.15) is 28.4 Å². The third kappa shape index (κ3) is 4.72. The van der Waals surface area contributed by atoms with E-state index in [9.17, 15) is 14.0 Å². The van der Waals surface area contributed by atoms with Crippen LogP contribution in [0.4, 0.5) is 10.1 Å². The van der Waals surface area contributed by atoms with Crippen LogP contribution in [-0.2, 0) is 17.9 Å². The van der Waals surface area contributed by atoms with Gasteiger partial charge in [0.25, 0.3) is 11.8 Å². The summed E-state index contributed by atoms with van der Waals surface area (Å²) in [5.74, 6) is 0.427. The number of amides is 2. The van der Waals surface area contributed by atoms with Crippen LogP contribution in [0.25, 0.3) is 0 Å². The van der Waals surface area contributed by atoms with Gasteiger partial charge in [0.05, 0.1) is 7.11 Å². The van der Waals surface area contributed by atoms with Gasteiger partial charge in [-0.2, -0.15) is 0 Å². The molecule has 1 aliphatic rings. The number of hydrogen-bond donors (Lipinski definition) is 1. The van der Waals surface area contributed by atoms with Gasteiger partial charge < -0.3 is 19.7 Å². The van der Waals surface area contributed by atoms with Gasteiger partial charge in [0.2, 0.25) is 0 Å². The van der Waals surface area contributed by atoms with Gasteiger partial charge in [0.15, 0.2) is 6.10 Å². The standard InChI is InChI=1S/C25H23FN2O4/c1-16-25(30)28(14-17-6-8-20(26)9-7-17)15-19-12-21(10-11-23(19)32-16)27-24(29)18-4-3-5-22(13-18)31-2/h3-13,16H,14-15H2,1-2H3,(H,27,29). The number of benzene rings is 3. The van der Waals surface area contributed by atoms with Crippen molar-refractivity contribution < 1.29 is 23.5 Å². The molecule has 1 N–H and O–H groups in total. The third-order valence-corrected chi connectivity index (χ3v) is 5.26. The van der Waals surface area contributed by atoms with E-state index in [2.05, 4.69) is 5.32 Å². The fourth-order valence-electron chi connectivity index (χ4n) is 3.59. The maximum absolute atomic E-state index is 13.2. The molecule has 0 aliphatic carbocycles. The fraction of sp³-hybridized carbons (Fsp3) is 0.200. The highest BCUT2D eigenvalue weighted by molar-refractivity contribution is 6.04. The van der Waals surface area contributed by atoms with Crippen LogP contribution < -0.4 is 14.8 Å². The number of nitrogens with zero attached hydrogens (tertiary/aromatic N) is 1. The Morgan fingerprint density at radius 1 is 1.16 bits per heavy atom. The molecule has 1 atom stereocenters. The molecule has 7 heteroatoms. The van der Waals surface area contributed by atoms with Crippen molar-refractivity contribution in [3.05, 3.63) is 89.2 Å². The first-order valence-electron chi connectivity index (χ1n) is 10.2. The van der Waals surface area contributed by atoms with E-state index < -0.39 is 6.10 Å². The summed E-state index contributed by atoms with van der Waals surface area (Å²) in [7, 11) is 1.55. The number of methoxy groups -OCH3 is 1. The molecule has 6 nitrogen and oxygen atoms in total. The number of carbonyl (C=O) groups excluding carboxylic acids is 2. The predicted molar refractivity (Wildman–Crippen MR) is 118 cm³/mol. The molecule has 2 amide bonds. The first-order valence-corrected chi connectivity index (χ1v) is 10.2. The Balaban J connectivity index is 1.55. The van der Waals surface area contributed by atoms with Crippen LogP contribution in [-0.4, -0.2) is 29.9 Å². The molecule has 4 rings (SSSR count). The SMILES string of the molecule is COc1cccc(C(=O)Nc2ccc3c(c2)CN(Cc2ccc(F)cc2)C(=O)C(C)O3)c1. The summed E-state index contributed by atoms with van der Waals surface area (Å²) in [6, 6.07) is 18.2. The van der Waals surface area contributed by atoms with Crippen LogP contribution in [0.2, 0.25) is 0 Å². The number of fused-ring (bicyclic) bond motifs is 1. The van der Waals surface area contributed by atoms with E-state index in [1.807, 2.05) is 0 Å². The number of rotatable bonds is 5. The molecule has 1 unspecified atom stereocenters. The highest BCUT2D eigenvalue weighted by Gasteiger charge is 2.28. The number of hydrogen-bond acceptors (Lipinski definition) is 4. The number of nitrogens with one attached hydrogen (secondary N) is 1. The molecule has 1 heterocycles. The molecule has 164 valence electrons. The Kier molecular flexibility index (Phi) is 6.07. The highest BCUT2D eigenvalue weighted by atomic mass is 19.1. The molecule has 0 aromatic heterocycles. The molecule has 3 aromatic carbocycles. The van der Waals surface area contributed by atoms with E-state index in [1.165, 1.54) is 12.1 Å². The van der Waals surface area contributed by atoms with Crippen molar-refractivity contribution in [1.82, 2.24) is 4.90 Å². The molecule has 1 aliphatic heterocycles. The van der Waals surface area contributed by atoms with E-state index in [1.54, 1.807) is 73.5 Å². The molecule has 3 aromatic rings. The van der Waals surface area contributed by atoms with Crippen molar-refractivity contribution in [2.45, 2.75) is 26.1 Å². The van der Waals surface area contributed by atoms with Crippen molar-refractivity contribution in [3.63, 3.8) is 0 Å². The molecule has 32 heavy (non-hydrogen) atoms. The lowest BCUT2D eigenvalue weighted by Gasteiger charge is -2.22. The van der Waals surface area contributed by atoms with Crippen molar-refractivity contribution in [1.29, 1.82) is 0 Å². The summed E-state index contributed by atoms with van der Waals surface area (Å²) in [6.07, 6.45) is -0.658. The Morgan fingerprint density at radius 3 is 2.69 bits per heavy atom. The molecule has 0 fully saturated rings. The topological polar surface area (TPSA) is 67.9 Å². The minimum Gasteiger partial charge on any atom is -0.497 e. The zero-order valence-electron chi connectivity index (χ0n) is 17.8. The Hall–Kier alpha value is -3.87. The predicted octanol–water partition coefficient (Wildman–Crippen LogP) is 4.40. The zero-order valence-corrected chi connectivity index (χ0v) is 17.8. The molecule has 0 saturated heterocycles. The summed E-state index contributed by atoms with van der Waals surface area (Å²) in [5.41, 5.74) is 2.65. The Bertz CT molecular complexity index is 1150. The number of carbonyl (C=O) groups is 2.